The van der Waals surface area contributed by atoms with Crippen molar-refractivity contribution in [2.45, 2.75) is 19.4 Å². The number of likely N-dealkylation sites (tertiary alicyclic amines) is 1. The highest BCUT2D eigenvalue weighted by Crippen LogP contribution is 2.22. The third-order valence-electron chi connectivity index (χ3n) is 3.88. The highest BCUT2D eigenvalue weighted by molar-refractivity contribution is 5.92. The molecule has 1 fully saturated rings. The van der Waals surface area contributed by atoms with E-state index in [1.165, 1.54) is 0 Å². The van der Waals surface area contributed by atoms with E-state index in [0.717, 1.165) is 29.7 Å². The van der Waals surface area contributed by atoms with Crippen LogP contribution in [0, 0.1) is 6.92 Å². The Labute approximate surface area is 122 Å². The first-order valence-corrected chi connectivity index (χ1v) is 6.96. The van der Waals surface area contributed by atoms with Gasteiger partial charge in [-0.15, -0.1) is 0 Å². The van der Waals surface area contributed by atoms with Crippen LogP contribution in [-0.2, 0) is 11.8 Å². The highest BCUT2D eigenvalue weighted by atomic mass is 16.5. The van der Waals surface area contributed by atoms with Crippen LogP contribution in [0.25, 0.3) is 11.0 Å². The van der Waals surface area contributed by atoms with Crippen molar-refractivity contribution in [2.24, 2.45) is 7.05 Å². The van der Waals surface area contributed by atoms with Crippen molar-refractivity contribution in [3.05, 3.63) is 18.0 Å². The molecule has 0 spiro atoms. The fourth-order valence-corrected chi connectivity index (χ4v) is 2.65. The Bertz CT molecular complexity index is 681. The maximum absolute atomic E-state index is 12.2. The molecule has 1 aliphatic rings. The molecule has 7 nitrogen and oxygen atoms in total. The quantitative estimate of drug-likeness (QED) is 0.930. The lowest BCUT2D eigenvalue weighted by Gasteiger charge is -2.40. The Morgan fingerprint density at radius 2 is 2.38 bits per heavy atom. The summed E-state index contributed by atoms with van der Waals surface area (Å²) >= 11 is 0. The van der Waals surface area contributed by atoms with Crippen LogP contribution >= 0.6 is 0 Å². The van der Waals surface area contributed by atoms with E-state index < -0.39 is 0 Å². The van der Waals surface area contributed by atoms with Crippen LogP contribution < -0.4 is 5.32 Å². The second-order valence-electron chi connectivity index (χ2n) is 5.33. The van der Waals surface area contributed by atoms with Gasteiger partial charge in [-0.05, 0) is 19.4 Å². The van der Waals surface area contributed by atoms with E-state index in [4.69, 9.17) is 4.74 Å². The lowest BCUT2D eigenvalue weighted by Crippen LogP contribution is -2.54. The number of urea groups is 1. The van der Waals surface area contributed by atoms with Crippen molar-refractivity contribution >= 4 is 22.8 Å². The Kier molecular flexibility index (Phi) is 3.50. The van der Waals surface area contributed by atoms with Gasteiger partial charge in [0.25, 0.3) is 0 Å². The van der Waals surface area contributed by atoms with Gasteiger partial charge in [0.1, 0.15) is 0 Å². The van der Waals surface area contributed by atoms with Crippen LogP contribution in [0.1, 0.15) is 12.1 Å². The molecular formula is C14H19N5O2. The number of methoxy groups -OCH3 is 1. The second-order valence-corrected chi connectivity index (χ2v) is 5.33. The second kappa shape index (κ2) is 5.33. The Morgan fingerprint density at radius 1 is 1.57 bits per heavy atom. The van der Waals surface area contributed by atoms with Gasteiger partial charge in [0, 0.05) is 26.1 Å². The number of pyridine rings is 1. The molecule has 3 rings (SSSR count). The fraction of sp³-hybridized carbons (Fsp3) is 0.500. The number of carbonyl (C=O) groups excluding carboxylic acids is 1. The zero-order valence-electron chi connectivity index (χ0n) is 12.5. The summed E-state index contributed by atoms with van der Waals surface area (Å²) in [7, 11) is 3.51. The van der Waals surface area contributed by atoms with E-state index in [1.54, 1.807) is 22.9 Å². The van der Waals surface area contributed by atoms with Crippen LogP contribution in [-0.4, -0.2) is 52.0 Å². The summed E-state index contributed by atoms with van der Waals surface area (Å²) in [5, 5.41) is 8.17. The van der Waals surface area contributed by atoms with Crippen LogP contribution in [0.4, 0.5) is 10.5 Å². The molecule has 0 radical (unpaired) electrons. The average Bonchev–Trinajstić information content (AvgIpc) is 2.70. The van der Waals surface area contributed by atoms with Crippen LogP contribution in [0.2, 0.25) is 0 Å². The lowest BCUT2D eigenvalue weighted by molar-refractivity contribution is 0.0545. The number of anilines is 1. The Morgan fingerprint density at radius 3 is 3.05 bits per heavy atom. The molecule has 7 heteroatoms. The third kappa shape index (κ3) is 2.44. The molecule has 0 bridgehead atoms. The number of nitrogens with zero attached hydrogens (tertiary/aromatic N) is 4. The SMILES string of the molecule is COCC1CCN1C(=O)Nc1cnc2c(c1)c(C)nn2C. The first kappa shape index (κ1) is 13.8. The molecule has 2 amide bonds. The van der Waals surface area contributed by atoms with Crippen LogP contribution in [0.3, 0.4) is 0 Å². The number of aromatic nitrogens is 3. The van der Waals surface area contributed by atoms with Gasteiger partial charge in [0.05, 0.1) is 30.2 Å². The van der Waals surface area contributed by atoms with Crippen molar-refractivity contribution < 1.29 is 9.53 Å². The van der Waals surface area contributed by atoms with Gasteiger partial charge in [-0.25, -0.2) is 9.78 Å². The van der Waals surface area contributed by atoms with Crippen molar-refractivity contribution in [2.75, 3.05) is 25.6 Å². The van der Waals surface area contributed by atoms with Crippen molar-refractivity contribution in [3.8, 4) is 0 Å². The number of carbonyl (C=O) groups is 1. The zero-order valence-corrected chi connectivity index (χ0v) is 12.5. The molecule has 21 heavy (non-hydrogen) atoms. The third-order valence-corrected chi connectivity index (χ3v) is 3.88. The van der Waals surface area contributed by atoms with E-state index in [1.807, 2.05) is 20.0 Å². The predicted octanol–water partition coefficient (Wildman–Crippen LogP) is 1.53. The normalized spacial score (nSPS) is 17.9. The first-order chi connectivity index (χ1) is 10.1. The number of hydrogen-bond donors (Lipinski definition) is 1. The molecule has 2 aromatic heterocycles. The maximum Gasteiger partial charge on any atom is 0.322 e. The summed E-state index contributed by atoms with van der Waals surface area (Å²) in [6.45, 7) is 3.27. The highest BCUT2D eigenvalue weighted by Gasteiger charge is 2.32. The topological polar surface area (TPSA) is 72.3 Å². The number of rotatable bonds is 3. The molecule has 2 aromatic rings. The van der Waals surface area contributed by atoms with Crippen LogP contribution in [0.15, 0.2) is 12.3 Å². The monoisotopic (exact) mass is 289 g/mol. The molecule has 0 aromatic carbocycles. The number of ether oxygens (including phenoxy) is 1. The molecule has 1 N–H and O–H groups in total. The minimum absolute atomic E-state index is 0.106. The molecule has 112 valence electrons. The molecule has 0 aliphatic carbocycles. The molecule has 1 atom stereocenters. The van der Waals surface area contributed by atoms with E-state index in [2.05, 4.69) is 15.4 Å². The summed E-state index contributed by atoms with van der Waals surface area (Å²) in [4.78, 5) is 18.4. The molecular weight excluding hydrogens is 270 g/mol. The number of hydrogen-bond acceptors (Lipinski definition) is 4. The number of amides is 2. The number of nitrogens with one attached hydrogen (secondary N) is 1. The molecule has 3 heterocycles. The predicted molar refractivity (Wildman–Crippen MR) is 79.3 cm³/mol. The number of aryl methyl sites for hydroxylation is 2. The van der Waals surface area contributed by atoms with E-state index in [9.17, 15) is 4.79 Å². The van der Waals surface area contributed by atoms with Gasteiger partial charge in [-0.2, -0.15) is 5.10 Å². The summed E-state index contributed by atoms with van der Waals surface area (Å²) < 4.78 is 6.84. The van der Waals surface area contributed by atoms with Gasteiger partial charge in [-0.1, -0.05) is 0 Å². The molecule has 1 unspecified atom stereocenters. The van der Waals surface area contributed by atoms with Gasteiger partial charge in [0.15, 0.2) is 5.65 Å². The molecule has 1 saturated heterocycles. The molecule has 0 saturated carbocycles. The Hall–Kier alpha value is -2.15. The van der Waals surface area contributed by atoms with Gasteiger partial charge in [-0.3, -0.25) is 4.68 Å². The minimum Gasteiger partial charge on any atom is -0.383 e. The summed E-state index contributed by atoms with van der Waals surface area (Å²) in [5.74, 6) is 0. The zero-order chi connectivity index (χ0) is 15.0. The van der Waals surface area contributed by atoms with E-state index >= 15 is 0 Å². The van der Waals surface area contributed by atoms with Gasteiger partial charge >= 0.3 is 6.03 Å². The van der Waals surface area contributed by atoms with Gasteiger partial charge < -0.3 is 15.0 Å². The summed E-state index contributed by atoms with van der Waals surface area (Å²) in [6.07, 6.45) is 2.65. The first-order valence-electron chi connectivity index (χ1n) is 6.96. The molecule has 1 aliphatic heterocycles. The van der Waals surface area contributed by atoms with E-state index in [0.29, 0.717) is 12.3 Å². The van der Waals surface area contributed by atoms with Crippen LogP contribution in [0.5, 0.6) is 0 Å². The smallest absolute Gasteiger partial charge is 0.322 e. The van der Waals surface area contributed by atoms with Crippen molar-refractivity contribution in [3.63, 3.8) is 0 Å². The maximum atomic E-state index is 12.2. The summed E-state index contributed by atoms with van der Waals surface area (Å²) in [6, 6.07) is 1.98. The largest absolute Gasteiger partial charge is 0.383 e. The standard InChI is InChI=1S/C14H19N5O2/c1-9-12-6-10(7-15-13(12)18(2)17-9)16-14(20)19-5-4-11(19)8-21-3/h6-7,11H,4-5,8H2,1-3H3,(H,16,20). The van der Waals surface area contributed by atoms with Gasteiger partial charge in [0.2, 0.25) is 0 Å². The summed E-state index contributed by atoms with van der Waals surface area (Å²) in [5.41, 5.74) is 2.40. The lowest BCUT2D eigenvalue weighted by atomic mass is 10.1. The van der Waals surface area contributed by atoms with Crippen molar-refractivity contribution in [1.82, 2.24) is 19.7 Å². The Balaban J connectivity index is 1.76. The fourth-order valence-electron chi connectivity index (χ4n) is 2.65. The average molecular weight is 289 g/mol. The minimum atomic E-state index is -0.106. The van der Waals surface area contributed by atoms with Crippen molar-refractivity contribution in [1.29, 1.82) is 0 Å². The number of fused-ring (bicyclic) bond motifs is 1. The van der Waals surface area contributed by atoms with E-state index in [-0.39, 0.29) is 12.1 Å².